The molecule has 1 aromatic carbocycles. The van der Waals surface area contributed by atoms with Crippen LogP contribution in [0.4, 0.5) is 5.69 Å². The van der Waals surface area contributed by atoms with E-state index in [0.717, 1.165) is 56.3 Å². The lowest BCUT2D eigenvalue weighted by Gasteiger charge is -2.36. The van der Waals surface area contributed by atoms with E-state index in [1.807, 2.05) is 22.2 Å². The monoisotopic (exact) mass is 397 g/mol. The number of amides is 1. The van der Waals surface area contributed by atoms with E-state index in [2.05, 4.69) is 51.3 Å². The summed E-state index contributed by atoms with van der Waals surface area (Å²) < 4.78 is 1.96. The van der Waals surface area contributed by atoms with E-state index >= 15 is 0 Å². The van der Waals surface area contributed by atoms with E-state index in [-0.39, 0.29) is 5.91 Å². The lowest BCUT2D eigenvalue weighted by atomic mass is 10.2. The molecule has 3 heterocycles. The van der Waals surface area contributed by atoms with Gasteiger partial charge in [-0.1, -0.05) is 12.1 Å². The van der Waals surface area contributed by atoms with Crippen LogP contribution in [-0.2, 0) is 11.2 Å². The van der Waals surface area contributed by atoms with Crippen LogP contribution in [0, 0.1) is 6.92 Å². The molecule has 0 unspecified atom stereocenters. The molecule has 3 aromatic rings. The van der Waals surface area contributed by atoms with Crippen LogP contribution in [0.15, 0.2) is 42.0 Å². The van der Waals surface area contributed by atoms with E-state index < -0.39 is 0 Å². The first kappa shape index (κ1) is 19.0. The molecule has 1 fully saturated rings. The van der Waals surface area contributed by atoms with Gasteiger partial charge in [-0.05, 0) is 37.6 Å². The van der Waals surface area contributed by atoms with E-state index in [0.29, 0.717) is 6.42 Å². The number of hydrogen-bond acceptors (Lipinski definition) is 5. The molecule has 1 aliphatic heterocycles. The topological polar surface area (TPSA) is 52.9 Å². The van der Waals surface area contributed by atoms with E-state index in [1.165, 1.54) is 11.3 Å². The van der Waals surface area contributed by atoms with Crippen molar-refractivity contribution in [2.75, 3.05) is 44.2 Å². The van der Waals surface area contributed by atoms with Gasteiger partial charge in [-0.15, -0.1) is 11.3 Å². The van der Waals surface area contributed by atoms with Crippen LogP contribution in [0.2, 0.25) is 0 Å². The molecular formula is C21H27N5OS. The molecule has 0 saturated carbocycles. The molecule has 4 rings (SSSR count). The van der Waals surface area contributed by atoms with Gasteiger partial charge in [0.1, 0.15) is 0 Å². The number of nitrogens with zero attached hydrogens (tertiary/aromatic N) is 4. The van der Waals surface area contributed by atoms with Gasteiger partial charge in [0.05, 0.1) is 12.1 Å². The normalized spacial score (nSPS) is 15.2. The van der Waals surface area contributed by atoms with Crippen LogP contribution < -0.4 is 10.2 Å². The number of fused-ring (bicyclic) bond motifs is 1. The summed E-state index contributed by atoms with van der Waals surface area (Å²) in [4.78, 5) is 22.5. The molecule has 0 aliphatic carbocycles. The first-order chi connectivity index (χ1) is 13.7. The fraction of sp³-hybridized carbons (Fsp3) is 0.429. The van der Waals surface area contributed by atoms with Gasteiger partial charge < -0.3 is 10.2 Å². The van der Waals surface area contributed by atoms with E-state index in [1.54, 1.807) is 11.3 Å². The summed E-state index contributed by atoms with van der Waals surface area (Å²) in [7, 11) is 0. The number of nitrogens with one attached hydrogen (secondary N) is 1. The summed E-state index contributed by atoms with van der Waals surface area (Å²) >= 11 is 1.58. The van der Waals surface area contributed by atoms with Crippen molar-refractivity contribution in [1.29, 1.82) is 0 Å². The highest BCUT2D eigenvalue weighted by atomic mass is 32.1. The Balaban J connectivity index is 1.13. The van der Waals surface area contributed by atoms with E-state index in [9.17, 15) is 4.79 Å². The summed E-state index contributed by atoms with van der Waals surface area (Å²) in [5.74, 6) is 0.0509. The zero-order valence-corrected chi connectivity index (χ0v) is 17.1. The van der Waals surface area contributed by atoms with Crippen molar-refractivity contribution >= 4 is 27.9 Å². The Labute approximate surface area is 169 Å². The summed E-state index contributed by atoms with van der Waals surface area (Å²) in [5.41, 5.74) is 3.47. The minimum atomic E-state index is 0.0509. The molecule has 6 nitrogen and oxygen atoms in total. The minimum Gasteiger partial charge on any atom is -0.369 e. The van der Waals surface area contributed by atoms with Crippen LogP contribution in [0.25, 0.3) is 4.96 Å². The van der Waals surface area contributed by atoms with Crippen molar-refractivity contribution in [3.05, 3.63) is 53.3 Å². The molecule has 28 heavy (non-hydrogen) atoms. The summed E-state index contributed by atoms with van der Waals surface area (Å²) in [6.45, 7) is 8.17. The number of anilines is 1. The van der Waals surface area contributed by atoms with Crippen molar-refractivity contribution in [2.24, 2.45) is 0 Å². The third kappa shape index (κ3) is 4.72. The van der Waals surface area contributed by atoms with Gasteiger partial charge in [0.15, 0.2) is 4.96 Å². The highest BCUT2D eigenvalue weighted by Crippen LogP contribution is 2.17. The Morgan fingerprint density at radius 3 is 2.89 bits per heavy atom. The molecule has 0 radical (unpaired) electrons. The van der Waals surface area contributed by atoms with Gasteiger partial charge in [0.25, 0.3) is 0 Å². The van der Waals surface area contributed by atoms with Crippen LogP contribution in [0.3, 0.4) is 0 Å². The Morgan fingerprint density at radius 1 is 1.25 bits per heavy atom. The molecule has 7 heteroatoms. The first-order valence-corrected chi connectivity index (χ1v) is 10.8. The fourth-order valence-corrected chi connectivity index (χ4v) is 4.39. The number of benzene rings is 1. The number of aryl methyl sites for hydroxylation is 1. The molecule has 0 bridgehead atoms. The molecule has 1 saturated heterocycles. The molecule has 148 valence electrons. The number of piperazine rings is 1. The maximum atomic E-state index is 12.1. The Bertz CT molecular complexity index is 897. The zero-order valence-electron chi connectivity index (χ0n) is 16.3. The first-order valence-electron chi connectivity index (χ1n) is 9.89. The van der Waals surface area contributed by atoms with Gasteiger partial charge in [-0.2, -0.15) is 0 Å². The van der Waals surface area contributed by atoms with Crippen molar-refractivity contribution in [3.63, 3.8) is 0 Å². The summed E-state index contributed by atoms with van der Waals surface area (Å²) in [6, 6.07) is 8.73. The molecular weight excluding hydrogens is 370 g/mol. The zero-order chi connectivity index (χ0) is 19.3. The number of thiazole rings is 1. The number of hydrogen-bond donors (Lipinski definition) is 1. The Hall–Kier alpha value is -2.38. The van der Waals surface area contributed by atoms with Crippen molar-refractivity contribution in [3.8, 4) is 0 Å². The highest BCUT2D eigenvalue weighted by Gasteiger charge is 2.17. The summed E-state index contributed by atoms with van der Waals surface area (Å²) in [6.07, 6.45) is 5.23. The van der Waals surface area contributed by atoms with Gasteiger partial charge >= 0.3 is 0 Å². The standard InChI is InChI=1S/C21H27N5OS/c1-17-4-2-5-19(14-17)25-10-8-24(9-11-25)7-3-6-22-20(27)15-18-16-26-12-13-28-21(26)23-18/h2,4-5,12-14,16H,3,6-11,15H2,1H3,(H,22,27). The third-order valence-electron chi connectivity index (χ3n) is 5.20. The number of carbonyl (C=O) groups is 1. The van der Waals surface area contributed by atoms with Gasteiger partial charge in [-0.3, -0.25) is 14.1 Å². The van der Waals surface area contributed by atoms with Gasteiger partial charge in [0.2, 0.25) is 5.91 Å². The lowest BCUT2D eigenvalue weighted by Crippen LogP contribution is -2.47. The largest absolute Gasteiger partial charge is 0.369 e. The second kappa shape index (κ2) is 8.75. The van der Waals surface area contributed by atoms with Crippen LogP contribution >= 0.6 is 11.3 Å². The second-order valence-corrected chi connectivity index (χ2v) is 8.25. The van der Waals surface area contributed by atoms with Gasteiger partial charge in [0, 0.05) is 56.2 Å². The molecule has 2 aromatic heterocycles. The molecule has 1 amide bonds. The second-order valence-electron chi connectivity index (χ2n) is 7.37. The third-order valence-corrected chi connectivity index (χ3v) is 5.97. The number of imidazole rings is 1. The fourth-order valence-electron chi connectivity index (χ4n) is 3.67. The van der Waals surface area contributed by atoms with Crippen molar-refractivity contribution in [1.82, 2.24) is 19.6 Å². The average Bonchev–Trinajstić information content (AvgIpc) is 3.27. The molecule has 0 atom stereocenters. The predicted octanol–water partition coefficient (Wildman–Crippen LogP) is 2.58. The Morgan fingerprint density at radius 2 is 2.11 bits per heavy atom. The number of carbonyl (C=O) groups excluding carboxylic acids is 1. The molecule has 1 aliphatic rings. The quantitative estimate of drug-likeness (QED) is 0.623. The number of rotatable bonds is 7. The smallest absolute Gasteiger partial charge is 0.226 e. The molecule has 0 spiro atoms. The van der Waals surface area contributed by atoms with Gasteiger partial charge in [-0.25, -0.2) is 4.98 Å². The lowest BCUT2D eigenvalue weighted by molar-refractivity contribution is -0.120. The van der Waals surface area contributed by atoms with Crippen LogP contribution in [0.1, 0.15) is 17.7 Å². The van der Waals surface area contributed by atoms with Crippen LogP contribution in [-0.4, -0.2) is 59.5 Å². The minimum absolute atomic E-state index is 0.0509. The SMILES string of the molecule is Cc1cccc(N2CCN(CCCNC(=O)Cc3cn4ccsc4n3)CC2)c1. The maximum Gasteiger partial charge on any atom is 0.226 e. The number of aromatic nitrogens is 2. The summed E-state index contributed by atoms with van der Waals surface area (Å²) in [5, 5.41) is 5.02. The molecule has 1 N–H and O–H groups in total. The highest BCUT2D eigenvalue weighted by molar-refractivity contribution is 7.15. The Kier molecular flexibility index (Phi) is 5.92. The van der Waals surface area contributed by atoms with E-state index in [4.69, 9.17) is 0 Å². The predicted molar refractivity (Wildman–Crippen MR) is 114 cm³/mol. The van der Waals surface area contributed by atoms with Crippen molar-refractivity contribution < 1.29 is 4.79 Å². The average molecular weight is 398 g/mol. The maximum absolute atomic E-state index is 12.1. The van der Waals surface area contributed by atoms with Crippen molar-refractivity contribution in [2.45, 2.75) is 19.8 Å². The van der Waals surface area contributed by atoms with Crippen LogP contribution in [0.5, 0.6) is 0 Å².